The molecule has 0 aromatic rings. The van der Waals surface area contributed by atoms with Gasteiger partial charge in [0.15, 0.2) is 0 Å². The summed E-state index contributed by atoms with van der Waals surface area (Å²) in [6, 6.07) is -0.602. The second kappa shape index (κ2) is 3.40. The first kappa shape index (κ1) is 7.39. The van der Waals surface area contributed by atoms with Crippen LogP contribution >= 0.6 is 0 Å². The minimum absolute atomic E-state index is 0.244. The number of aliphatic hydroxyl groups is 1. The summed E-state index contributed by atoms with van der Waals surface area (Å²) in [6.45, 7) is -0.244. The largest absolute Gasteiger partial charge is 0.394 e. The van der Waals surface area contributed by atoms with Gasteiger partial charge < -0.3 is 16.2 Å². The van der Waals surface area contributed by atoms with Gasteiger partial charge in [-0.05, 0) is 7.05 Å². The van der Waals surface area contributed by atoms with E-state index in [9.17, 15) is 4.79 Å². The Morgan fingerprint density at radius 2 is 2.50 bits per heavy atom. The van der Waals surface area contributed by atoms with Gasteiger partial charge >= 0.3 is 0 Å². The highest BCUT2D eigenvalue weighted by atomic mass is 16.3. The Morgan fingerprint density at radius 3 is 2.50 bits per heavy atom. The standard InChI is InChI=1S/C4H10N2O2/c1-6-3(2-7)4(5)8/h3,6-7H,2H2,1H3,(H2,5,8)/t3-/m0/s1. The lowest BCUT2D eigenvalue weighted by Gasteiger charge is -2.05. The molecule has 0 fully saturated rings. The number of rotatable bonds is 3. The highest BCUT2D eigenvalue weighted by Gasteiger charge is 2.08. The van der Waals surface area contributed by atoms with Crippen molar-refractivity contribution in [2.75, 3.05) is 13.7 Å². The minimum Gasteiger partial charge on any atom is -0.394 e. The number of hydrogen-bond donors (Lipinski definition) is 3. The summed E-state index contributed by atoms with van der Waals surface area (Å²) in [4.78, 5) is 10.2. The molecular formula is C4H10N2O2. The zero-order valence-corrected chi connectivity index (χ0v) is 4.72. The third-order valence-electron chi connectivity index (χ3n) is 0.874. The number of nitrogens with one attached hydrogen (secondary N) is 1. The van der Waals surface area contributed by atoms with Gasteiger partial charge in [-0.15, -0.1) is 0 Å². The van der Waals surface area contributed by atoms with E-state index in [1.165, 1.54) is 0 Å². The van der Waals surface area contributed by atoms with Crippen LogP contribution in [0.15, 0.2) is 0 Å². The Labute approximate surface area is 47.7 Å². The lowest BCUT2D eigenvalue weighted by Crippen LogP contribution is -2.41. The van der Waals surface area contributed by atoms with Gasteiger partial charge in [-0.3, -0.25) is 4.79 Å². The summed E-state index contributed by atoms with van der Waals surface area (Å²) in [6.07, 6.45) is 0. The molecule has 4 nitrogen and oxygen atoms in total. The summed E-state index contributed by atoms with van der Waals surface area (Å²) >= 11 is 0. The molecule has 4 N–H and O–H groups in total. The molecule has 0 rings (SSSR count). The average Bonchev–Trinajstić information content (AvgIpc) is 1.69. The highest BCUT2D eigenvalue weighted by Crippen LogP contribution is 1.74. The minimum atomic E-state index is -0.602. The average molecular weight is 118 g/mol. The van der Waals surface area contributed by atoms with E-state index in [0.29, 0.717) is 0 Å². The Balaban J connectivity index is 3.52. The van der Waals surface area contributed by atoms with Crippen molar-refractivity contribution >= 4 is 5.91 Å². The van der Waals surface area contributed by atoms with Gasteiger partial charge in [0.25, 0.3) is 0 Å². The summed E-state index contributed by atoms with van der Waals surface area (Å²) < 4.78 is 0. The topological polar surface area (TPSA) is 75.3 Å². The summed E-state index contributed by atoms with van der Waals surface area (Å²) in [5, 5.41) is 10.9. The van der Waals surface area contributed by atoms with E-state index in [0.717, 1.165) is 0 Å². The van der Waals surface area contributed by atoms with Gasteiger partial charge in [-0.25, -0.2) is 0 Å². The Hall–Kier alpha value is -0.610. The second-order valence-corrected chi connectivity index (χ2v) is 1.43. The normalized spacial score (nSPS) is 13.2. The zero-order valence-electron chi connectivity index (χ0n) is 4.72. The molecule has 0 aliphatic heterocycles. The fourth-order valence-corrected chi connectivity index (χ4v) is 0.324. The quantitative estimate of drug-likeness (QED) is 0.403. The van der Waals surface area contributed by atoms with Crippen molar-refractivity contribution in [2.45, 2.75) is 6.04 Å². The maximum atomic E-state index is 10.2. The van der Waals surface area contributed by atoms with Gasteiger partial charge in [-0.2, -0.15) is 0 Å². The van der Waals surface area contributed by atoms with Crippen molar-refractivity contribution in [3.05, 3.63) is 0 Å². The molecule has 4 heteroatoms. The molecule has 0 aromatic heterocycles. The molecule has 0 aliphatic carbocycles. The van der Waals surface area contributed by atoms with Gasteiger partial charge in [-0.1, -0.05) is 0 Å². The monoisotopic (exact) mass is 118 g/mol. The van der Waals surface area contributed by atoms with Gasteiger partial charge in [0, 0.05) is 0 Å². The Kier molecular flexibility index (Phi) is 3.14. The molecule has 0 bridgehead atoms. The third kappa shape index (κ3) is 1.90. The fraction of sp³-hybridized carbons (Fsp3) is 0.750. The molecule has 8 heavy (non-hydrogen) atoms. The molecule has 0 aliphatic rings. The number of carbonyl (C=O) groups excluding carboxylic acids is 1. The molecule has 48 valence electrons. The Bertz CT molecular complexity index is 80.1. The Morgan fingerprint density at radius 1 is 2.00 bits per heavy atom. The summed E-state index contributed by atoms with van der Waals surface area (Å²) in [7, 11) is 1.56. The third-order valence-corrected chi connectivity index (χ3v) is 0.874. The van der Waals surface area contributed by atoms with Crippen LogP contribution in [-0.4, -0.2) is 30.7 Å². The fourth-order valence-electron chi connectivity index (χ4n) is 0.324. The highest BCUT2D eigenvalue weighted by molar-refractivity contribution is 5.79. The molecule has 0 aromatic carbocycles. The molecule has 1 amide bonds. The second-order valence-electron chi connectivity index (χ2n) is 1.43. The number of carbonyl (C=O) groups is 1. The smallest absolute Gasteiger partial charge is 0.236 e. The van der Waals surface area contributed by atoms with Crippen LogP contribution in [-0.2, 0) is 4.79 Å². The first-order valence-electron chi connectivity index (χ1n) is 2.29. The van der Waals surface area contributed by atoms with E-state index in [2.05, 4.69) is 5.32 Å². The van der Waals surface area contributed by atoms with E-state index in [-0.39, 0.29) is 6.61 Å². The molecule has 0 spiro atoms. The SMILES string of the molecule is CN[C@@H](CO)C(N)=O. The van der Waals surface area contributed by atoms with E-state index >= 15 is 0 Å². The molecule has 0 unspecified atom stereocenters. The van der Waals surface area contributed by atoms with Crippen LogP contribution in [0.4, 0.5) is 0 Å². The van der Waals surface area contributed by atoms with Crippen molar-refractivity contribution in [2.24, 2.45) is 5.73 Å². The lowest BCUT2D eigenvalue weighted by atomic mass is 10.3. The van der Waals surface area contributed by atoms with Crippen molar-refractivity contribution in [1.29, 1.82) is 0 Å². The predicted octanol–water partition coefficient (Wildman–Crippen LogP) is -1.95. The van der Waals surface area contributed by atoms with Gasteiger partial charge in [0.1, 0.15) is 6.04 Å². The van der Waals surface area contributed by atoms with Crippen molar-refractivity contribution < 1.29 is 9.90 Å². The van der Waals surface area contributed by atoms with E-state index < -0.39 is 11.9 Å². The molecule has 0 heterocycles. The first-order valence-corrected chi connectivity index (χ1v) is 2.29. The van der Waals surface area contributed by atoms with Crippen LogP contribution in [0.1, 0.15) is 0 Å². The first-order chi connectivity index (χ1) is 3.72. The van der Waals surface area contributed by atoms with Gasteiger partial charge in [0.2, 0.25) is 5.91 Å². The number of primary amides is 1. The number of likely N-dealkylation sites (N-methyl/N-ethyl adjacent to an activating group) is 1. The summed E-state index contributed by atoms with van der Waals surface area (Å²) in [5.74, 6) is -0.532. The lowest BCUT2D eigenvalue weighted by molar-refractivity contribution is -0.120. The number of amides is 1. The van der Waals surface area contributed by atoms with Crippen LogP contribution in [0.2, 0.25) is 0 Å². The van der Waals surface area contributed by atoms with E-state index in [1.54, 1.807) is 7.05 Å². The number of aliphatic hydroxyl groups excluding tert-OH is 1. The zero-order chi connectivity index (χ0) is 6.57. The van der Waals surface area contributed by atoms with Crippen LogP contribution in [0.25, 0.3) is 0 Å². The number of nitrogens with two attached hydrogens (primary N) is 1. The molecule has 1 atom stereocenters. The maximum Gasteiger partial charge on any atom is 0.236 e. The van der Waals surface area contributed by atoms with Crippen LogP contribution in [0, 0.1) is 0 Å². The number of hydrogen-bond acceptors (Lipinski definition) is 3. The van der Waals surface area contributed by atoms with E-state index in [1.807, 2.05) is 0 Å². The molecule has 0 radical (unpaired) electrons. The van der Waals surface area contributed by atoms with Crippen molar-refractivity contribution in [1.82, 2.24) is 5.32 Å². The van der Waals surface area contributed by atoms with E-state index in [4.69, 9.17) is 10.8 Å². The maximum absolute atomic E-state index is 10.2. The van der Waals surface area contributed by atoms with Crippen molar-refractivity contribution in [3.63, 3.8) is 0 Å². The molecule has 0 saturated heterocycles. The van der Waals surface area contributed by atoms with Gasteiger partial charge in [0.05, 0.1) is 6.61 Å². The summed E-state index contributed by atoms with van der Waals surface area (Å²) in [5.41, 5.74) is 4.80. The molecular weight excluding hydrogens is 108 g/mol. The van der Waals surface area contributed by atoms with Crippen LogP contribution in [0.5, 0.6) is 0 Å². The van der Waals surface area contributed by atoms with Crippen LogP contribution < -0.4 is 11.1 Å². The molecule has 0 saturated carbocycles. The predicted molar refractivity (Wildman–Crippen MR) is 29.1 cm³/mol. The van der Waals surface area contributed by atoms with Crippen molar-refractivity contribution in [3.8, 4) is 0 Å². The van der Waals surface area contributed by atoms with Crippen LogP contribution in [0.3, 0.4) is 0 Å².